The van der Waals surface area contributed by atoms with E-state index in [1.54, 1.807) is 5.01 Å². The van der Waals surface area contributed by atoms with Gasteiger partial charge >= 0.3 is 0 Å². The first kappa shape index (κ1) is 32.6. The molecule has 8 nitrogen and oxygen atoms in total. The molecule has 8 heteroatoms. The SMILES string of the molecule is O=C(c1cc(-c2ccccc2)nc2ccccc12)N1N=C2/C(=C/c3ccc(N4CCOCC4)cc3)CCCC2C1c1ccc(N2CCOCC2)cc1. The molecular weight excluding hydrogens is 647 g/mol. The Bertz CT molecular complexity index is 2120. The van der Waals surface area contributed by atoms with Crippen LogP contribution in [0, 0.1) is 5.92 Å². The predicted molar refractivity (Wildman–Crippen MR) is 208 cm³/mol. The molecule has 2 atom stereocenters. The molecule has 4 aliphatic rings. The van der Waals surface area contributed by atoms with E-state index in [0.717, 1.165) is 111 Å². The smallest absolute Gasteiger partial charge is 0.275 e. The van der Waals surface area contributed by atoms with Crippen LogP contribution in [0.5, 0.6) is 0 Å². The Morgan fingerprint density at radius 3 is 2.06 bits per heavy atom. The van der Waals surface area contributed by atoms with Crippen LogP contribution in [0.4, 0.5) is 11.4 Å². The molecule has 1 amide bonds. The van der Waals surface area contributed by atoms with E-state index in [2.05, 4.69) is 64.4 Å². The molecule has 4 aromatic carbocycles. The molecule has 0 spiro atoms. The Morgan fingerprint density at radius 2 is 1.37 bits per heavy atom. The summed E-state index contributed by atoms with van der Waals surface area (Å²) in [5.74, 6) is -0.0124. The maximum absolute atomic E-state index is 15.1. The van der Waals surface area contributed by atoms with Crippen LogP contribution in [-0.4, -0.2) is 74.2 Å². The van der Waals surface area contributed by atoms with Crippen LogP contribution in [0.1, 0.15) is 46.8 Å². The van der Waals surface area contributed by atoms with Gasteiger partial charge in [0, 0.05) is 54.4 Å². The number of para-hydroxylation sites is 1. The van der Waals surface area contributed by atoms with Gasteiger partial charge in [0.15, 0.2) is 0 Å². The lowest BCUT2D eigenvalue weighted by Crippen LogP contribution is -2.36. The number of morpholine rings is 2. The number of ether oxygens (including phenoxy) is 2. The Morgan fingerprint density at radius 1 is 0.731 bits per heavy atom. The third-order valence-corrected chi connectivity index (χ3v) is 10.9. The van der Waals surface area contributed by atoms with Gasteiger partial charge in [-0.2, -0.15) is 5.10 Å². The van der Waals surface area contributed by atoms with E-state index in [0.29, 0.717) is 5.56 Å². The fraction of sp³-hybridized carbons (Fsp3) is 0.295. The van der Waals surface area contributed by atoms with Gasteiger partial charge in [0.05, 0.1) is 55.0 Å². The molecular formula is C44H43N5O3. The molecule has 262 valence electrons. The van der Waals surface area contributed by atoms with E-state index in [4.69, 9.17) is 19.6 Å². The van der Waals surface area contributed by atoms with Gasteiger partial charge in [-0.25, -0.2) is 9.99 Å². The number of nitrogens with zero attached hydrogens (tertiary/aromatic N) is 5. The summed E-state index contributed by atoms with van der Waals surface area (Å²) in [5.41, 5.74) is 10.1. The lowest BCUT2D eigenvalue weighted by Gasteiger charge is -2.31. The Labute approximate surface area is 305 Å². The highest BCUT2D eigenvalue weighted by atomic mass is 16.5. The Balaban J connectivity index is 1.11. The third-order valence-electron chi connectivity index (χ3n) is 10.9. The Kier molecular flexibility index (Phi) is 9.00. The van der Waals surface area contributed by atoms with E-state index in [-0.39, 0.29) is 17.9 Å². The highest BCUT2D eigenvalue weighted by Gasteiger charge is 2.44. The van der Waals surface area contributed by atoms with Gasteiger partial charge in [0.1, 0.15) is 0 Å². The van der Waals surface area contributed by atoms with Crippen LogP contribution >= 0.6 is 0 Å². The maximum Gasteiger partial charge on any atom is 0.275 e. The molecule has 0 radical (unpaired) electrons. The van der Waals surface area contributed by atoms with Gasteiger partial charge in [0.25, 0.3) is 5.91 Å². The normalized spacial score (nSPS) is 21.3. The summed E-state index contributed by atoms with van der Waals surface area (Å²) in [4.78, 5) is 24.8. The summed E-state index contributed by atoms with van der Waals surface area (Å²) in [5, 5.41) is 7.92. The van der Waals surface area contributed by atoms with Gasteiger partial charge in [0.2, 0.25) is 0 Å². The number of carbonyl (C=O) groups excluding carboxylic acids is 1. The first-order chi connectivity index (χ1) is 25.7. The summed E-state index contributed by atoms with van der Waals surface area (Å²) < 4.78 is 11.2. The fourth-order valence-corrected chi connectivity index (χ4v) is 8.24. The number of hydrogen-bond donors (Lipinski definition) is 0. The maximum atomic E-state index is 15.1. The van der Waals surface area contributed by atoms with Crippen LogP contribution in [-0.2, 0) is 9.47 Å². The minimum atomic E-state index is -0.222. The summed E-state index contributed by atoms with van der Waals surface area (Å²) in [6, 6.07) is 37.4. The second-order valence-corrected chi connectivity index (χ2v) is 14.1. The number of amides is 1. The molecule has 1 saturated carbocycles. The zero-order valence-corrected chi connectivity index (χ0v) is 29.4. The van der Waals surface area contributed by atoms with Crippen LogP contribution in [0.2, 0.25) is 0 Å². The van der Waals surface area contributed by atoms with Crippen LogP contribution < -0.4 is 9.80 Å². The van der Waals surface area contributed by atoms with Crippen LogP contribution in [0.25, 0.3) is 28.2 Å². The van der Waals surface area contributed by atoms with Crippen molar-refractivity contribution in [2.24, 2.45) is 11.0 Å². The number of hydrogen-bond acceptors (Lipinski definition) is 7. The van der Waals surface area contributed by atoms with E-state index < -0.39 is 0 Å². The molecule has 0 N–H and O–H groups in total. The van der Waals surface area contributed by atoms with Crippen molar-refractivity contribution in [1.82, 2.24) is 9.99 Å². The molecule has 1 aromatic heterocycles. The van der Waals surface area contributed by atoms with Crippen molar-refractivity contribution in [2.75, 3.05) is 62.4 Å². The standard InChI is InChI=1S/C44H43N5O3/c50-44(39-30-41(32-7-2-1-3-8-32)45-40-12-5-4-10-37(39)40)49-43(33-15-19-36(20-16-33)48-23-27-52-28-24-48)38-11-6-9-34(42(38)46-49)29-31-13-17-35(18-14-31)47-21-25-51-26-22-47/h1-5,7-8,10,12-20,29-30,38,43H,6,9,11,21-28H2/b34-29+. The van der Waals surface area contributed by atoms with Gasteiger partial charge in [-0.05, 0) is 78.4 Å². The zero-order chi connectivity index (χ0) is 34.9. The van der Waals surface area contributed by atoms with Crippen molar-refractivity contribution in [3.8, 4) is 11.3 Å². The molecule has 2 saturated heterocycles. The minimum absolute atomic E-state index is 0.0903. The van der Waals surface area contributed by atoms with Crippen LogP contribution in [0.15, 0.2) is 120 Å². The largest absolute Gasteiger partial charge is 0.378 e. The van der Waals surface area contributed by atoms with Crippen molar-refractivity contribution in [3.05, 3.63) is 131 Å². The molecule has 0 bridgehead atoms. The third kappa shape index (κ3) is 6.37. The molecule has 3 aliphatic heterocycles. The first-order valence-corrected chi connectivity index (χ1v) is 18.6. The van der Waals surface area contributed by atoms with Crippen molar-refractivity contribution >= 4 is 40.0 Å². The van der Waals surface area contributed by atoms with E-state index in [1.165, 1.54) is 16.9 Å². The van der Waals surface area contributed by atoms with Gasteiger partial charge in [-0.3, -0.25) is 4.79 Å². The average Bonchev–Trinajstić information content (AvgIpc) is 3.62. The summed E-state index contributed by atoms with van der Waals surface area (Å²) in [6.07, 6.45) is 5.23. The Hall–Kier alpha value is -5.31. The molecule has 2 unspecified atom stereocenters. The number of hydrazone groups is 1. The minimum Gasteiger partial charge on any atom is -0.378 e. The highest BCUT2D eigenvalue weighted by molar-refractivity contribution is 6.12. The van der Waals surface area contributed by atoms with Crippen molar-refractivity contribution in [1.29, 1.82) is 0 Å². The number of fused-ring (bicyclic) bond motifs is 2. The molecule has 1 aliphatic carbocycles. The second-order valence-electron chi connectivity index (χ2n) is 14.1. The van der Waals surface area contributed by atoms with Crippen molar-refractivity contribution in [2.45, 2.75) is 25.3 Å². The lowest BCUT2D eigenvalue weighted by molar-refractivity contribution is 0.0683. The molecule has 52 heavy (non-hydrogen) atoms. The number of aromatic nitrogens is 1. The van der Waals surface area contributed by atoms with Gasteiger partial charge < -0.3 is 19.3 Å². The quantitative estimate of drug-likeness (QED) is 0.180. The van der Waals surface area contributed by atoms with Gasteiger partial charge in [-0.15, -0.1) is 0 Å². The van der Waals surface area contributed by atoms with Gasteiger partial charge in [-0.1, -0.05) is 72.8 Å². The highest BCUT2D eigenvalue weighted by Crippen LogP contribution is 2.46. The number of anilines is 2. The number of carbonyl (C=O) groups is 1. The van der Waals surface area contributed by atoms with E-state index in [9.17, 15) is 0 Å². The zero-order valence-electron chi connectivity index (χ0n) is 29.4. The van der Waals surface area contributed by atoms with Crippen LogP contribution in [0.3, 0.4) is 0 Å². The average molecular weight is 690 g/mol. The number of allylic oxidation sites excluding steroid dienone is 1. The first-order valence-electron chi connectivity index (χ1n) is 18.6. The second kappa shape index (κ2) is 14.4. The summed E-state index contributed by atoms with van der Waals surface area (Å²) in [7, 11) is 0. The molecule has 3 fully saturated rings. The van der Waals surface area contributed by atoms with E-state index in [1.807, 2.05) is 60.7 Å². The topological polar surface area (TPSA) is 70.5 Å². The molecule has 9 rings (SSSR count). The van der Waals surface area contributed by atoms with Crippen molar-refractivity contribution < 1.29 is 14.3 Å². The lowest BCUT2D eigenvalue weighted by atomic mass is 9.77. The monoisotopic (exact) mass is 689 g/mol. The molecule has 5 aromatic rings. The number of pyridine rings is 1. The van der Waals surface area contributed by atoms with Crippen molar-refractivity contribution in [3.63, 3.8) is 0 Å². The molecule has 4 heterocycles. The number of benzene rings is 4. The van der Waals surface area contributed by atoms with E-state index >= 15 is 4.79 Å². The summed E-state index contributed by atoms with van der Waals surface area (Å²) >= 11 is 0. The predicted octanol–water partition coefficient (Wildman–Crippen LogP) is 8.01. The summed E-state index contributed by atoms with van der Waals surface area (Å²) in [6.45, 7) is 6.59. The fourth-order valence-electron chi connectivity index (χ4n) is 8.24. The number of rotatable bonds is 6.